The number of hydrogen-bond acceptors (Lipinski definition) is 3. The van der Waals surface area contributed by atoms with E-state index >= 15 is 0 Å². The van der Waals surface area contributed by atoms with Gasteiger partial charge in [-0.25, -0.2) is 4.79 Å². The molecule has 0 spiro atoms. The van der Waals surface area contributed by atoms with Gasteiger partial charge in [-0.3, -0.25) is 4.79 Å². The van der Waals surface area contributed by atoms with Gasteiger partial charge >= 0.3 is 5.97 Å². The first-order chi connectivity index (χ1) is 9.88. The van der Waals surface area contributed by atoms with E-state index in [0.29, 0.717) is 17.0 Å². The van der Waals surface area contributed by atoms with Gasteiger partial charge in [0.05, 0.1) is 5.69 Å². The molecule has 0 unspecified atom stereocenters. The highest BCUT2D eigenvalue weighted by Crippen LogP contribution is 2.31. The van der Waals surface area contributed by atoms with E-state index in [9.17, 15) is 9.59 Å². The Balaban J connectivity index is 2.42. The van der Waals surface area contributed by atoms with Crippen LogP contribution >= 0.6 is 0 Å². The van der Waals surface area contributed by atoms with Gasteiger partial charge in [-0.2, -0.15) is 0 Å². The standard InChI is InChI=1S/C16H17NO4/c1-9(2)15(18)17-12-8-10(3)4-5-11(12)13-6-7-14(21-13)16(19)20/h4-9H,1-3H3,(H,17,18)(H,19,20). The second kappa shape index (κ2) is 5.83. The molecule has 1 heterocycles. The van der Waals surface area contributed by atoms with Crippen molar-refractivity contribution in [1.82, 2.24) is 0 Å². The van der Waals surface area contributed by atoms with Gasteiger partial charge < -0.3 is 14.8 Å². The molecule has 0 aliphatic carbocycles. The summed E-state index contributed by atoms with van der Waals surface area (Å²) in [5, 5.41) is 11.8. The van der Waals surface area contributed by atoms with Crippen LogP contribution in [0.15, 0.2) is 34.7 Å². The van der Waals surface area contributed by atoms with Crippen molar-refractivity contribution in [2.24, 2.45) is 5.92 Å². The quantitative estimate of drug-likeness (QED) is 0.901. The molecular weight excluding hydrogens is 270 g/mol. The van der Waals surface area contributed by atoms with Crippen LogP contribution in [-0.4, -0.2) is 17.0 Å². The summed E-state index contributed by atoms with van der Waals surface area (Å²) in [4.78, 5) is 22.8. The molecule has 2 N–H and O–H groups in total. The van der Waals surface area contributed by atoms with Crippen LogP contribution in [0.4, 0.5) is 5.69 Å². The number of anilines is 1. The van der Waals surface area contributed by atoms with E-state index in [1.807, 2.05) is 19.1 Å². The van der Waals surface area contributed by atoms with Crippen LogP contribution in [0.25, 0.3) is 11.3 Å². The molecule has 5 heteroatoms. The highest BCUT2D eigenvalue weighted by atomic mass is 16.4. The average Bonchev–Trinajstić information content (AvgIpc) is 2.88. The maximum Gasteiger partial charge on any atom is 0.371 e. The summed E-state index contributed by atoms with van der Waals surface area (Å²) >= 11 is 0. The van der Waals surface area contributed by atoms with Crippen molar-refractivity contribution in [3.05, 3.63) is 41.7 Å². The van der Waals surface area contributed by atoms with Crippen LogP contribution in [0, 0.1) is 12.8 Å². The molecule has 0 fully saturated rings. The van der Waals surface area contributed by atoms with Crippen molar-refractivity contribution < 1.29 is 19.1 Å². The molecule has 110 valence electrons. The molecule has 1 amide bonds. The Morgan fingerprint density at radius 2 is 1.90 bits per heavy atom. The Kier molecular flexibility index (Phi) is 4.12. The fourth-order valence-corrected chi connectivity index (χ4v) is 1.85. The minimum absolute atomic E-state index is 0.105. The number of nitrogens with one attached hydrogen (secondary N) is 1. The molecule has 0 atom stereocenters. The molecule has 5 nitrogen and oxygen atoms in total. The summed E-state index contributed by atoms with van der Waals surface area (Å²) in [5.41, 5.74) is 2.25. The Hall–Kier alpha value is -2.56. The smallest absolute Gasteiger partial charge is 0.371 e. The predicted octanol–water partition coefficient (Wildman–Crippen LogP) is 3.55. The van der Waals surface area contributed by atoms with E-state index in [0.717, 1.165) is 5.56 Å². The van der Waals surface area contributed by atoms with E-state index < -0.39 is 5.97 Å². The Labute approximate surface area is 122 Å². The van der Waals surface area contributed by atoms with Gasteiger partial charge in [0, 0.05) is 11.5 Å². The highest BCUT2D eigenvalue weighted by molar-refractivity contribution is 5.96. The van der Waals surface area contributed by atoms with Crippen molar-refractivity contribution >= 4 is 17.6 Å². The Bertz CT molecular complexity index is 685. The lowest BCUT2D eigenvalue weighted by molar-refractivity contribution is -0.118. The molecule has 1 aromatic heterocycles. The van der Waals surface area contributed by atoms with Gasteiger partial charge in [-0.05, 0) is 36.8 Å². The van der Waals surface area contributed by atoms with Gasteiger partial charge in [0.25, 0.3) is 0 Å². The summed E-state index contributed by atoms with van der Waals surface area (Å²) in [6.07, 6.45) is 0. The van der Waals surface area contributed by atoms with Gasteiger partial charge in [0.15, 0.2) is 0 Å². The van der Waals surface area contributed by atoms with Crippen molar-refractivity contribution in [3.63, 3.8) is 0 Å². The van der Waals surface area contributed by atoms with Crippen molar-refractivity contribution in [2.75, 3.05) is 5.32 Å². The molecule has 0 saturated heterocycles. The number of amides is 1. The summed E-state index contributed by atoms with van der Waals surface area (Å²) in [7, 11) is 0. The van der Waals surface area contributed by atoms with Crippen LogP contribution in [0.1, 0.15) is 30.0 Å². The molecule has 0 radical (unpaired) electrons. The number of carbonyl (C=O) groups excluding carboxylic acids is 1. The zero-order chi connectivity index (χ0) is 15.6. The molecule has 21 heavy (non-hydrogen) atoms. The molecular formula is C16H17NO4. The molecule has 2 aromatic rings. The summed E-state index contributed by atoms with van der Waals surface area (Å²) in [5.74, 6) is -1.10. The molecule has 0 saturated carbocycles. The Morgan fingerprint density at radius 3 is 2.48 bits per heavy atom. The van der Waals surface area contributed by atoms with Crippen molar-refractivity contribution in [2.45, 2.75) is 20.8 Å². The van der Waals surface area contributed by atoms with Crippen LogP contribution in [0.2, 0.25) is 0 Å². The predicted molar refractivity (Wildman–Crippen MR) is 79.3 cm³/mol. The first-order valence-corrected chi connectivity index (χ1v) is 6.63. The van der Waals surface area contributed by atoms with Crippen LogP contribution in [-0.2, 0) is 4.79 Å². The number of carboxylic acid groups (broad SMARTS) is 1. The zero-order valence-electron chi connectivity index (χ0n) is 12.1. The second-order valence-corrected chi connectivity index (χ2v) is 5.16. The molecule has 0 aliphatic heterocycles. The zero-order valence-corrected chi connectivity index (χ0v) is 12.1. The molecule has 1 aromatic carbocycles. The lowest BCUT2D eigenvalue weighted by Crippen LogP contribution is -2.18. The molecule has 0 bridgehead atoms. The fraction of sp³-hybridized carbons (Fsp3) is 0.250. The van der Waals surface area contributed by atoms with E-state index in [1.54, 1.807) is 26.0 Å². The number of aryl methyl sites for hydroxylation is 1. The van der Waals surface area contributed by atoms with Gasteiger partial charge in [0.2, 0.25) is 11.7 Å². The maximum atomic E-state index is 11.9. The lowest BCUT2D eigenvalue weighted by atomic mass is 10.1. The minimum Gasteiger partial charge on any atom is -0.475 e. The molecule has 2 rings (SSSR count). The fourth-order valence-electron chi connectivity index (χ4n) is 1.85. The first-order valence-electron chi connectivity index (χ1n) is 6.63. The molecule has 0 aliphatic rings. The van der Waals surface area contributed by atoms with Crippen molar-refractivity contribution in [1.29, 1.82) is 0 Å². The van der Waals surface area contributed by atoms with E-state index in [-0.39, 0.29) is 17.6 Å². The van der Waals surface area contributed by atoms with Gasteiger partial charge in [-0.1, -0.05) is 19.9 Å². The minimum atomic E-state index is -1.12. The number of benzene rings is 1. The van der Waals surface area contributed by atoms with Crippen LogP contribution in [0.5, 0.6) is 0 Å². The van der Waals surface area contributed by atoms with E-state index in [4.69, 9.17) is 9.52 Å². The topological polar surface area (TPSA) is 79.5 Å². The van der Waals surface area contributed by atoms with Gasteiger partial charge in [0.1, 0.15) is 5.76 Å². The number of hydrogen-bond donors (Lipinski definition) is 2. The summed E-state index contributed by atoms with van der Waals surface area (Å²) in [6, 6.07) is 8.49. The second-order valence-electron chi connectivity index (χ2n) is 5.16. The first kappa shape index (κ1) is 14.8. The monoisotopic (exact) mass is 287 g/mol. The van der Waals surface area contributed by atoms with E-state index in [2.05, 4.69) is 5.32 Å². The number of carbonyl (C=O) groups is 2. The third-order valence-corrected chi connectivity index (χ3v) is 3.04. The van der Waals surface area contributed by atoms with Crippen molar-refractivity contribution in [3.8, 4) is 11.3 Å². The highest BCUT2D eigenvalue weighted by Gasteiger charge is 2.16. The number of carboxylic acids is 1. The number of furan rings is 1. The third-order valence-electron chi connectivity index (χ3n) is 3.04. The lowest BCUT2D eigenvalue weighted by Gasteiger charge is -2.12. The maximum absolute atomic E-state index is 11.9. The number of rotatable bonds is 4. The third kappa shape index (κ3) is 3.31. The van der Waals surface area contributed by atoms with E-state index in [1.165, 1.54) is 6.07 Å². The number of aromatic carboxylic acids is 1. The SMILES string of the molecule is Cc1ccc(-c2ccc(C(=O)O)o2)c(NC(=O)C(C)C)c1. The average molecular weight is 287 g/mol. The normalized spacial score (nSPS) is 10.7. The van der Waals surface area contributed by atoms with Crippen LogP contribution in [0.3, 0.4) is 0 Å². The van der Waals surface area contributed by atoms with Gasteiger partial charge in [-0.15, -0.1) is 0 Å². The largest absolute Gasteiger partial charge is 0.475 e. The van der Waals surface area contributed by atoms with Crippen LogP contribution < -0.4 is 5.32 Å². The summed E-state index contributed by atoms with van der Waals surface area (Å²) < 4.78 is 5.30. The summed E-state index contributed by atoms with van der Waals surface area (Å²) in [6.45, 7) is 5.53. The Morgan fingerprint density at radius 1 is 1.19 bits per heavy atom.